The van der Waals surface area contributed by atoms with E-state index in [1.165, 1.54) is 10.9 Å². The maximum absolute atomic E-state index is 13.2. The van der Waals surface area contributed by atoms with Crippen LogP contribution in [0.25, 0.3) is 5.82 Å². The number of H-pyrrole nitrogens is 1. The van der Waals surface area contributed by atoms with Crippen LogP contribution in [0, 0.1) is 25.1 Å². The van der Waals surface area contributed by atoms with Crippen LogP contribution in [0.5, 0.6) is 0 Å². The fraction of sp³-hybridized carbons (Fsp3) is 0.360. The Labute approximate surface area is 207 Å². The largest absolute Gasteiger partial charge is 0.349 e. The van der Waals surface area contributed by atoms with Crippen molar-refractivity contribution >= 4 is 17.5 Å². The average molecular weight is 490 g/mol. The minimum atomic E-state index is -0.501. The summed E-state index contributed by atoms with van der Waals surface area (Å²) in [5.41, 5.74) is 2.16. The van der Waals surface area contributed by atoms with Gasteiger partial charge in [-0.1, -0.05) is 13.0 Å². The van der Waals surface area contributed by atoms with Gasteiger partial charge in [0.1, 0.15) is 11.6 Å². The molecule has 1 aliphatic carbocycles. The highest BCUT2D eigenvalue weighted by atomic mass is 19.1. The van der Waals surface area contributed by atoms with Crippen molar-refractivity contribution in [2.75, 3.05) is 5.32 Å². The molecule has 1 saturated carbocycles. The van der Waals surface area contributed by atoms with Gasteiger partial charge in [0.05, 0.1) is 18.4 Å². The lowest BCUT2D eigenvalue weighted by Gasteiger charge is -2.43. The summed E-state index contributed by atoms with van der Waals surface area (Å²) in [6.07, 6.45) is 5.39. The van der Waals surface area contributed by atoms with Gasteiger partial charge in [-0.2, -0.15) is 10.2 Å². The summed E-state index contributed by atoms with van der Waals surface area (Å²) in [5.74, 6) is 2.29. The number of carbonyl (C=O) groups excluding carboxylic acids is 1. The van der Waals surface area contributed by atoms with Crippen LogP contribution in [0.3, 0.4) is 0 Å². The summed E-state index contributed by atoms with van der Waals surface area (Å²) >= 11 is 0. The number of amides is 1. The van der Waals surface area contributed by atoms with Crippen molar-refractivity contribution in [3.63, 3.8) is 0 Å². The molecular weight excluding hydrogens is 461 g/mol. The first-order chi connectivity index (χ1) is 17.2. The number of aromatic amines is 1. The highest BCUT2D eigenvalue weighted by molar-refractivity contribution is 5.84. The molecule has 0 radical (unpaired) electrons. The van der Waals surface area contributed by atoms with E-state index in [-0.39, 0.29) is 17.9 Å². The number of nitrogens with one attached hydrogen (secondary N) is 3. The van der Waals surface area contributed by atoms with Crippen LogP contribution in [0.15, 0.2) is 42.9 Å². The number of hydrogen-bond donors (Lipinski definition) is 3. The van der Waals surface area contributed by atoms with E-state index in [0.717, 1.165) is 29.0 Å². The molecule has 0 unspecified atom stereocenters. The van der Waals surface area contributed by atoms with Crippen molar-refractivity contribution in [1.82, 2.24) is 40.2 Å². The molecule has 0 aromatic carbocycles. The molecule has 5 rings (SSSR count). The molecule has 3 N–H and O–H groups in total. The number of carbonyl (C=O) groups is 1. The van der Waals surface area contributed by atoms with Crippen LogP contribution in [0.2, 0.25) is 0 Å². The zero-order chi connectivity index (χ0) is 25.4. The first kappa shape index (κ1) is 23.6. The van der Waals surface area contributed by atoms with Crippen LogP contribution in [-0.2, 0) is 4.79 Å². The Morgan fingerprint density at radius 2 is 2.00 bits per heavy atom. The van der Waals surface area contributed by atoms with Crippen LogP contribution >= 0.6 is 0 Å². The fourth-order valence-electron chi connectivity index (χ4n) is 4.52. The van der Waals surface area contributed by atoms with E-state index >= 15 is 0 Å². The predicted molar refractivity (Wildman–Crippen MR) is 131 cm³/mol. The normalized spacial score (nSPS) is 20.0. The molecule has 0 spiro atoms. The zero-order valence-electron chi connectivity index (χ0n) is 20.6. The highest BCUT2D eigenvalue weighted by Crippen LogP contribution is 2.50. The number of rotatable bonds is 7. The first-order valence-electron chi connectivity index (χ1n) is 11.8. The number of halogens is 1. The van der Waals surface area contributed by atoms with Gasteiger partial charge in [0, 0.05) is 41.1 Å². The summed E-state index contributed by atoms with van der Waals surface area (Å²) in [5, 5.41) is 17.3. The van der Waals surface area contributed by atoms with Crippen LogP contribution < -0.4 is 10.6 Å². The van der Waals surface area contributed by atoms with Gasteiger partial charge in [0.2, 0.25) is 5.91 Å². The van der Waals surface area contributed by atoms with Gasteiger partial charge in [0.25, 0.3) is 0 Å². The molecule has 4 aromatic heterocycles. The second kappa shape index (κ2) is 9.14. The van der Waals surface area contributed by atoms with E-state index in [4.69, 9.17) is 0 Å². The molecule has 4 aromatic rings. The summed E-state index contributed by atoms with van der Waals surface area (Å²) in [6, 6.07) is 7.16. The third kappa shape index (κ3) is 4.81. The van der Waals surface area contributed by atoms with Gasteiger partial charge < -0.3 is 10.6 Å². The van der Waals surface area contributed by atoms with E-state index in [1.807, 2.05) is 45.9 Å². The van der Waals surface area contributed by atoms with Gasteiger partial charge >= 0.3 is 0 Å². The lowest BCUT2D eigenvalue weighted by atomic mass is 9.62. The third-order valence-corrected chi connectivity index (χ3v) is 6.54. The second-order valence-electron chi connectivity index (χ2n) is 9.73. The molecule has 10 nitrogen and oxygen atoms in total. The van der Waals surface area contributed by atoms with Crippen molar-refractivity contribution in [3.05, 3.63) is 71.4 Å². The lowest BCUT2D eigenvalue weighted by Crippen LogP contribution is -2.47. The van der Waals surface area contributed by atoms with Gasteiger partial charge in [-0.25, -0.2) is 24.0 Å². The average Bonchev–Trinajstić information content (AvgIpc) is 3.44. The summed E-state index contributed by atoms with van der Waals surface area (Å²) in [7, 11) is 0. The summed E-state index contributed by atoms with van der Waals surface area (Å²) < 4.78 is 14.6. The fourth-order valence-corrected chi connectivity index (χ4v) is 4.52. The maximum atomic E-state index is 13.2. The van der Waals surface area contributed by atoms with Crippen molar-refractivity contribution in [3.8, 4) is 5.82 Å². The summed E-state index contributed by atoms with van der Waals surface area (Å²) in [4.78, 5) is 26.8. The highest BCUT2D eigenvalue weighted by Gasteiger charge is 2.48. The molecule has 0 aliphatic heterocycles. The molecule has 1 aliphatic rings. The van der Waals surface area contributed by atoms with E-state index < -0.39 is 11.2 Å². The smallest absolute Gasteiger partial charge is 0.226 e. The Kier molecular flexibility index (Phi) is 5.99. The predicted octanol–water partition coefficient (Wildman–Crippen LogP) is 4.04. The molecule has 1 atom stereocenters. The Balaban J connectivity index is 1.20. The van der Waals surface area contributed by atoms with Crippen LogP contribution in [0.1, 0.15) is 61.4 Å². The molecule has 36 heavy (non-hydrogen) atoms. The van der Waals surface area contributed by atoms with Crippen molar-refractivity contribution in [2.45, 2.75) is 52.5 Å². The molecule has 1 amide bonds. The second-order valence-corrected chi connectivity index (χ2v) is 9.73. The van der Waals surface area contributed by atoms with E-state index in [1.54, 1.807) is 12.3 Å². The Morgan fingerprint density at radius 1 is 1.19 bits per heavy atom. The van der Waals surface area contributed by atoms with Crippen LogP contribution in [0.4, 0.5) is 16.0 Å². The molecule has 0 saturated heterocycles. The molecule has 11 heteroatoms. The standard InChI is InChI=1S/C25H28FN9O/c1-14-7-20(31-21-8-15(2)33-34-21)32-23(29-14)18-9-25(4,10-18)24(36)30-16(3)17-5-6-22(27-11-17)35-13-19(26)12-28-35/h5-8,11-13,16,18H,9-10H2,1-4H3,(H,30,36)(H2,29,31,32,33,34)/t16-,18?,25?/m0/s1. The summed E-state index contributed by atoms with van der Waals surface area (Å²) in [6.45, 7) is 7.76. The van der Waals surface area contributed by atoms with Gasteiger partial charge in [0.15, 0.2) is 17.5 Å². The first-order valence-corrected chi connectivity index (χ1v) is 11.8. The van der Waals surface area contributed by atoms with Crippen LogP contribution in [-0.4, -0.2) is 40.8 Å². The maximum Gasteiger partial charge on any atom is 0.226 e. The Hall–Kier alpha value is -4.15. The quantitative estimate of drug-likeness (QED) is 0.358. The monoisotopic (exact) mass is 489 g/mol. The molecule has 4 heterocycles. The Morgan fingerprint density at radius 3 is 2.64 bits per heavy atom. The lowest BCUT2D eigenvalue weighted by molar-refractivity contribution is -0.136. The van der Waals surface area contributed by atoms with E-state index in [2.05, 4.69) is 40.9 Å². The van der Waals surface area contributed by atoms with Crippen molar-refractivity contribution < 1.29 is 9.18 Å². The van der Waals surface area contributed by atoms with Gasteiger partial charge in [-0.3, -0.25) is 9.89 Å². The number of pyridine rings is 1. The van der Waals surface area contributed by atoms with Crippen molar-refractivity contribution in [2.24, 2.45) is 5.41 Å². The number of anilines is 2. The molecular formula is C25H28FN9O. The topological polar surface area (TPSA) is 126 Å². The number of aromatic nitrogens is 7. The SMILES string of the molecule is Cc1cc(Nc2cc(C)[nH]n2)nc(C2CC(C)(C(=O)N[C@@H](C)c3ccc(-n4cc(F)cn4)nc3)C2)n1. The van der Waals surface area contributed by atoms with Gasteiger partial charge in [-0.15, -0.1) is 0 Å². The number of hydrogen-bond acceptors (Lipinski definition) is 7. The van der Waals surface area contributed by atoms with Crippen molar-refractivity contribution in [1.29, 1.82) is 0 Å². The molecule has 0 bridgehead atoms. The minimum Gasteiger partial charge on any atom is -0.349 e. The molecule has 1 fully saturated rings. The van der Waals surface area contributed by atoms with E-state index in [9.17, 15) is 9.18 Å². The third-order valence-electron chi connectivity index (χ3n) is 6.54. The number of aryl methyl sites for hydroxylation is 2. The molecule has 186 valence electrons. The Bertz CT molecular complexity index is 1390. The minimum absolute atomic E-state index is 0.0116. The number of nitrogens with zero attached hydrogens (tertiary/aromatic N) is 6. The van der Waals surface area contributed by atoms with Gasteiger partial charge in [-0.05, 0) is 45.2 Å². The zero-order valence-corrected chi connectivity index (χ0v) is 20.6. The van der Waals surface area contributed by atoms with E-state index in [0.29, 0.717) is 30.3 Å².